The van der Waals surface area contributed by atoms with E-state index in [1.165, 1.54) is 51.4 Å². The third-order valence-corrected chi connectivity index (χ3v) is 9.69. The molecule has 3 N–H and O–H groups in total. The molecular formula is C42H75O11P. The molecule has 314 valence electrons. The maximum absolute atomic E-state index is 12.6. The van der Waals surface area contributed by atoms with Gasteiger partial charge in [0.2, 0.25) is 0 Å². The predicted molar refractivity (Wildman–Crippen MR) is 215 cm³/mol. The molecule has 0 aliphatic rings. The van der Waals surface area contributed by atoms with Gasteiger partial charge in [0.1, 0.15) is 12.7 Å². The smallest absolute Gasteiger partial charge is 0.462 e. The predicted octanol–water partition coefficient (Wildman–Crippen LogP) is 9.96. The number of allylic oxidation sites excluding steroid dienone is 6. The molecule has 11 nitrogen and oxygen atoms in total. The zero-order valence-electron chi connectivity index (χ0n) is 33.7. The first-order chi connectivity index (χ1) is 26.1. The molecule has 0 aliphatic heterocycles. The van der Waals surface area contributed by atoms with Crippen molar-refractivity contribution in [2.75, 3.05) is 26.4 Å². The number of esters is 2. The van der Waals surface area contributed by atoms with Crippen LogP contribution in [0, 0.1) is 0 Å². The molecule has 0 aromatic carbocycles. The highest BCUT2D eigenvalue weighted by Crippen LogP contribution is 2.43. The second-order valence-electron chi connectivity index (χ2n) is 14.0. The standard InChI is InChI=1S/C42H75O11P/c1-3-5-7-8-9-10-11-12-13-14-15-18-21-24-28-32-41(46)50-36-40(37-52-54(48,49)51-35-39(45)34-43)53-42(47)33-29-25-22-19-16-17-20-23-27-31-38(44)30-26-6-4-2/h10-11,20,23,27,31,39-40,43,45H,3-9,12-19,21-22,24-26,28-30,32-37H2,1-2H3,(H,48,49)/b11-10-,23-20-,31-27+/t39-,40+/m0/s1. The number of phosphoric acid groups is 1. The molecule has 0 heterocycles. The number of ketones is 1. The van der Waals surface area contributed by atoms with Crippen LogP contribution in [0.5, 0.6) is 0 Å². The average Bonchev–Trinajstić information content (AvgIpc) is 3.15. The molecular weight excluding hydrogens is 711 g/mol. The molecule has 0 spiro atoms. The van der Waals surface area contributed by atoms with Gasteiger partial charge < -0.3 is 24.6 Å². The number of aliphatic hydroxyl groups excluding tert-OH is 2. The van der Waals surface area contributed by atoms with E-state index >= 15 is 0 Å². The Morgan fingerprint density at radius 2 is 1.07 bits per heavy atom. The second kappa shape index (κ2) is 37.8. The van der Waals surface area contributed by atoms with Gasteiger partial charge in [0.15, 0.2) is 11.9 Å². The number of unbranched alkanes of at least 4 members (excludes halogenated alkanes) is 18. The van der Waals surface area contributed by atoms with E-state index in [0.717, 1.165) is 77.0 Å². The molecule has 0 radical (unpaired) electrons. The van der Waals surface area contributed by atoms with Gasteiger partial charge in [-0.25, -0.2) is 4.57 Å². The summed E-state index contributed by atoms with van der Waals surface area (Å²) in [5.41, 5.74) is 0. The summed E-state index contributed by atoms with van der Waals surface area (Å²) < 4.78 is 32.6. The summed E-state index contributed by atoms with van der Waals surface area (Å²) in [7, 11) is -4.64. The molecule has 0 rings (SSSR count). The van der Waals surface area contributed by atoms with E-state index < -0.39 is 51.8 Å². The van der Waals surface area contributed by atoms with Crippen LogP contribution in [0.4, 0.5) is 0 Å². The number of ether oxygens (including phenoxy) is 2. The van der Waals surface area contributed by atoms with Crippen molar-refractivity contribution in [1.82, 2.24) is 0 Å². The molecule has 0 bridgehead atoms. The van der Waals surface area contributed by atoms with Gasteiger partial charge in [0.25, 0.3) is 0 Å². The monoisotopic (exact) mass is 787 g/mol. The van der Waals surface area contributed by atoms with Crippen molar-refractivity contribution < 1.29 is 52.6 Å². The molecule has 0 amide bonds. The van der Waals surface area contributed by atoms with Crippen molar-refractivity contribution in [1.29, 1.82) is 0 Å². The van der Waals surface area contributed by atoms with Gasteiger partial charge in [0.05, 0.1) is 19.8 Å². The van der Waals surface area contributed by atoms with Gasteiger partial charge in [-0.05, 0) is 63.9 Å². The fourth-order valence-corrected chi connectivity index (χ4v) is 6.23. The van der Waals surface area contributed by atoms with Gasteiger partial charge in [-0.3, -0.25) is 23.4 Å². The fraction of sp³-hybridized carbons (Fsp3) is 0.786. The average molecular weight is 787 g/mol. The summed E-state index contributed by atoms with van der Waals surface area (Å²) in [4.78, 5) is 46.7. The maximum Gasteiger partial charge on any atom is 0.472 e. The number of hydrogen-bond acceptors (Lipinski definition) is 10. The summed E-state index contributed by atoms with van der Waals surface area (Å²) in [6.45, 7) is 2.15. The van der Waals surface area contributed by atoms with Crippen LogP contribution in [-0.4, -0.2) is 71.5 Å². The lowest BCUT2D eigenvalue weighted by Crippen LogP contribution is -2.29. The summed E-state index contributed by atoms with van der Waals surface area (Å²) in [6.07, 6.45) is 33.7. The van der Waals surface area contributed by atoms with Crippen molar-refractivity contribution in [3.8, 4) is 0 Å². The number of carbonyl (C=O) groups is 3. The number of aliphatic hydroxyl groups is 2. The Bertz CT molecular complexity index is 1060. The van der Waals surface area contributed by atoms with E-state index in [9.17, 15) is 28.9 Å². The summed E-state index contributed by atoms with van der Waals surface area (Å²) in [5.74, 6) is -0.830. The van der Waals surface area contributed by atoms with Crippen molar-refractivity contribution in [3.63, 3.8) is 0 Å². The number of phosphoric ester groups is 1. The number of hydrogen-bond donors (Lipinski definition) is 3. The van der Waals surface area contributed by atoms with Crippen LogP contribution in [0.1, 0.15) is 174 Å². The lowest BCUT2D eigenvalue weighted by molar-refractivity contribution is -0.161. The van der Waals surface area contributed by atoms with Crippen molar-refractivity contribution in [3.05, 3.63) is 36.5 Å². The van der Waals surface area contributed by atoms with Crippen LogP contribution in [0.3, 0.4) is 0 Å². The molecule has 0 aromatic heterocycles. The van der Waals surface area contributed by atoms with Crippen LogP contribution in [0.2, 0.25) is 0 Å². The molecule has 1 unspecified atom stereocenters. The largest absolute Gasteiger partial charge is 0.472 e. The van der Waals surface area contributed by atoms with Crippen molar-refractivity contribution in [2.45, 2.75) is 187 Å². The Hall–Kier alpha value is -2.14. The van der Waals surface area contributed by atoms with Gasteiger partial charge in [-0.1, -0.05) is 128 Å². The van der Waals surface area contributed by atoms with Crippen LogP contribution < -0.4 is 0 Å². The molecule has 0 aliphatic carbocycles. The second-order valence-corrected chi connectivity index (χ2v) is 15.5. The Morgan fingerprint density at radius 1 is 0.593 bits per heavy atom. The van der Waals surface area contributed by atoms with Crippen molar-refractivity contribution in [2.24, 2.45) is 0 Å². The van der Waals surface area contributed by atoms with Gasteiger partial charge in [-0.15, -0.1) is 0 Å². The quantitative estimate of drug-likeness (QED) is 0.0136. The Kier molecular flexibility index (Phi) is 36.3. The molecule has 0 fully saturated rings. The van der Waals surface area contributed by atoms with E-state index in [4.69, 9.17) is 19.1 Å². The summed E-state index contributed by atoms with van der Waals surface area (Å²) >= 11 is 0. The fourth-order valence-electron chi connectivity index (χ4n) is 5.44. The highest BCUT2D eigenvalue weighted by molar-refractivity contribution is 7.47. The van der Waals surface area contributed by atoms with E-state index in [2.05, 4.69) is 30.5 Å². The Labute approximate surface area is 327 Å². The normalized spacial score (nSPS) is 14.2. The minimum atomic E-state index is -4.64. The van der Waals surface area contributed by atoms with E-state index in [1.54, 1.807) is 12.2 Å². The summed E-state index contributed by atoms with van der Waals surface area (Å²) in [6, 6.07) is 0. The first-order valence-electron chi connectivity index (χ1n) is 20.9. The molecule has 0 saturated heterocycles. The summed E-state index contributed by atoms with van der Waals surface area (Å²) in [5, 5.41) is 18.3. The van der Waals surface area contributed by atoms with Gasteiger partial charge in [-0.2, -0.15) is 0 Å². The van der Waals surface area contributed by atoms with Crippen LogP contribution in [0.25, 0.3) is 0 Å². The first-order valence-corrected chi connectivity index (χ1v) is 22.4. The van der Waals surface area contributed by atoms with Crippen LogP contribution >= 0.6 is 7.82 Å². The molecule has 0 saturated carbocycles. The minimum absolute atomic E-state index is 0.132. The maximum atomic E-state index is 12.6. The highest BCUT2D eigenvalue weighted by Gasteiger charge is 2.27. The number of rotatable bonds is 39. The van der Waals surface area contributed by atoms with Gasteiger partial charge >= 0.3 is 19.8 Å². The van der Waals surface area contributed by atoms with Crippen LogP contribution in [0.15, 0.2) is 36.5 Å². The Balaban J connectivity index is 4.39. The van der Waals surface area contributed by atoms with E-state index in [0.29, 0.717) is 19.3 Å². The molecule has 12 heteroatoms. The minimum Gasteiger partial charge on any atom is -0.462 e. The lowest BCUT2D eigenvalue weighted by atomic mass is 10.1. The Morgan fingerprint density at radius 3 is 1.67 bits per heavy atom. The lowest BCUT2D eigenvalue weighted by Gasteiger charge is -2.20. The highest BCUT2D eigenvalue weighted by atomic mass is 31.2. The third kappa shape index (κ3) is 36.8. The molecule has 3 atom stereocenters. The third-order valence-electron chi connectivity index (χ3n) is 8.74. The number of carbonyl (C=O) groups excluding carboxylic acids is 3. The topological polar surface area (TPSA) is 166 Å². The van der Waals surface area contributed by atoms with Crippen molar-refractivity contribution >= 4 is 25.5 Å². The zero-order chi connectivity index (χ0) is 40.0. The SMILES string of the molecule is CCCCCC/C=C\CCCCCCCCCC(=O)OC[C@H](COP(=O)(O)OC[C@@H](O)CO)OC(=O)CCCCCCC/C=C\C=C\C(=O)CCCCC. The molecule has 54 heavy (non-hydrogen) atoms. The first kappa shape index (κ1) is 51.9. The van der Waals surface area contributed by atoms with E-state index in [-0.39, 0.29) is 25.2 Å². The molecule has 0 aromatic rings. The zero-order valence-corrected chi connectivity index (χ0v) is 34.6. The van der Waals surface area contributed by atoms with Crippen LogP contribution in [-0.2, 0) is 37.5 Å². The van der Waals surface area contributed by atoms with Gasteiger partial charge in [0, 0.05) is 19.3 Å². The van der Waals surface area contributed by atoms with E-state index in [1.807, 2.05) is 12.2 Å².